The lowest BCUT2D eigenvalue weighted by Gasteiger charge is -2.58. The fourth-order valence-corrected chi connectivity index (χ4v) is 6.39. The molecule has 5 fully saturated rings. The maximum Gasteiger partial charge on any atom is 0.254 e. The molecule has 0 spiro atoms. The Bertz CT molecular complexity index is 816. The van der Waals surface area contributed by atoms with E-state index in [-0.39, 0.29) is 11.9 Å². The van der Waals surface area contributed by atoms with Crippen LogP contribution in [-0.2, 0) is 0 Å². The van der Waals surface area contributed by atoms with Crippen molar-refractivity contribution in [1.29, 1.82) is 0 Å². The Kier molecular flexibility index (Phi) is 4.82. The lowest BCUT2D eigenvalue weighted by molar-refractivity contribution is -0.136. The Morgan fingerprint density at radius 2 is 1.93 bits per heavy atom. The summed E-state index contributed by atoms with van der Waals surface area (Å²) in [7, 11) is 0. The summed E-state index contributed by atoms with van der Waals surface area (Å²) in [4.78, 5) is 22.3. The van der Waals surface area contributed by atoms with Crippen molar-refractivity contribution in [3.8, 4) is 0 Å². The minimum absolute atomic E-state index is 0.0737. The largest absolute Gasteiger partial charge is 0.390 e. The van der Waals surface area contributed by atoms with Crippen molar-refractivity contribution < 1.29 is 15.0 Å². The Morgan fingerprint density at radius 1 is 1.23 bits per heavy atom. The first-order chi connectivity index (χ1) is 14.2. The molecule has 6 rings (SSSR count). The topological polar surface area (TPSA) is 107 Å². The zero-order valence-electron chi connectivity index (χ0n) is 18.0. The van der Waals surface area contributed by atoms with Crippen molar-refractivity contribution in [2.45, 2.75) is 88.4 Å². The molecule has 0 radical (unpaired) electrons. The molecule has 5 saturated carbocycles. The summed E-state index contributed by atoms with van der Waals surface area (Å²) in [6.45, 7) is 3.81. The molecule has 1 amide bonds. The number of carbonyl (C=O) groups is 1. The first-order valence-corrected chi connectivity index (χ1v) is 11.6. The third-order valence-corrected chi connectivity index (χ3v) is 7.77. The van der Waals surface area contributed by atoms with Crippen LogP contribution in [0.15, 0.2) is 6.20 Å². The van der Waals surface area contributed by atoms with Crippen LogP contribution in [0, 0.1) is 17.8 Å². The molecule has 2 unspecified atom stereocenters. The van der Waals surface area contributed by atoms with Gasteiger partial charge in [0.2, 0.25) is 5.95 Å². The van der Waals surface area contributed by atoms with Crippen molar-refractivity contribution in [2.24, 2.45) is 17.8 Å². The van der Waals surface area contributed by atoms with Crippen molar-refractivity contribution in [2.75, 3.05) is 11.9 Å². The molecule has 4 N–H and O–H groups in total. The lowest BCUT2D eigenvalue weighted by Crippen LogP contribution is -2.61. The van der Waals surface area contributed by atoms with E-state index in [1.54, 1.807) is 20.0 Å². The highest BCUT2D eigenvalue weighted by molar-refractivity contribution is 5.95. The van der Waals surface area contributed by atoms with E-state index >= 15 is 0 Å². The number of nitrogens with zero attached hydrogens (tertiary/aromatic N) is 2. The lowest BCUT2D eigenvalue weighted by atomic mass is 9.52. The number of hydrogen-bond acceptors (Lipinski definition) is 6. The summed E-state index contributed by atoms with van der Waals surface area (Å²) in [5.74, 6) is 2.08. The molecule has 1 aromatic heterocycles. The molecule has 5 aliphatic carbocycles. The molecule has 5 aliphatic rings. The van der Waals surface area contributed by atoms with E-state index in [2.05, 4.69) is 20.6 Å². The zero-order chi connectivity index (χ0) is 21.1. The number of rotatable bonds is 6. The fourth-order valence-electron chi connectivity index (χ4n) is 6.39. The van der Waals surface area contributed by atoms with Gasteiger partial charge in [0.1, 0.15) is 0 Å². The van der Waals surface area contributed by atoms with Crippen LogP contribution in [-0.4, -0.2) is 49.9 Å². The SMILES string of the molecule is CC(C)(O)CNc1ncc(C(=O)NC2C3CC4CC2CC(O)(C4)C3)c(C2CCC2)n1. The summed E-state index contributed by atoms with van der Waals surface area (Å²) >= 11 is 0. The molecule has 4 bridgehead atoms. The van der Waals surface area contributed by atoms with Crippen LogP contribution in [0.2, 0.25) is 0 Å². The Balaban J connectivity index is 1.34. The predicted octanol–water partition coefficient (Wildman–Crippen LogP) is 2.60. The molecule has 0 saturated heterocycles. The zero-order valence-corrected chi connectivity index (χ0v) is 18.0. The second-order valence-corrected chi connectivity index (χ2v) is 11.0. The average molecular weight is 415 g/mol. The number of aromatic nitrogens is 2. The van der Waals surface area contributed by atoms with Gasteiger partial charge in [0.15, 0.2) is 0 Å². The molecule has 164 valence electrons. The van der Waals surface area contributed by atoms with Crippen molar-refractivity contribution >= 4 is 11.9 Å². The molecular weight excluding hydrogens is 380 g/mol. The maximum atomic E-state index is 13.3. The Morgan fingerprint density at radius 3 is 2.50 bits per heavy atom. The molecule has 7 heteroatoms. The van der Waals surface area contributed by atoms with Crippen LogP contribution < -0.4 is 10.6 Å². The normalized spacial score (nSPS) is 35.2. The summed E-state index contributed by atoms with van der Waals surface area (Å²) in [5.41, 5.74) is 0.0566. The second kappa shape index (κ2) is 7.16. The maximum absolute atomic E-state index is 13.3. The number of anilines is 1. The highest BCUT2D eigenvalue weighted by Crippen LogP contribution is 2.55. The van der Waals surface area contributed by atoms with Crippen LogP contribution >= 0.6 is 0 Å². The molecule has 0 aromatic carbocycles. The predicted molar refractivity (Wildman–Crippen MR) is 113 cm³/mol. The molecule has 1 heterocycles. The van der Waals surface area contributed by atoms with Crippen molar-refractivity contribution in [3.63, 3.8) is 0 Å². The van der Waals surface area contributed by atoms with Gasteiger partial charge >= 0.3 is 0 Å². The summed E-state index contributed by atoms with van der Waals surface area (Å²) in [6, 6.07) is 0.150. The average Bonchev–Trinajstić information content (AvgIpc) is 2.59. The van der Waals surface area contributed by atoms with Crippen LogP contribution in [0.1, 0.15) is 87.2 Å². The fraction of sp³-hybridized carbons (Fsp3) is 0.783. The molecule has 7 nitrogen and oxygen atoms in total. The van der Waals surface area contributed by atoms with Gasteiger partial charge in [0, 0.05) is 24.7 Å². The first kappa shape index (κ1) is 20.2. The van der Waals surface area contributed by atoms with E-state index in [1.807, 2.05) is 0 Å². The van der Waals surface area contributed by atoms with Gasteiger partial charge in [-0.15, -0.1) is 0 Å². The Hall–Kier alpha value is -1.73. The van der Waals surface area contributed by atoms with E-state index in [4.69, 9.17) is 0 Å². The van der Waals surface area contributed by atoms with Gasteiger partial charge in [0.05, 0.1) is 22.5 Å². The quantitative estimate of drug-likeness (QED) is 0.570. The monoisotopic (exact) mass is 414 g/mol. The number of carbonyl (C=O) groups excluding carboxylic acids is 1. The van der Waals surface area contributed by atoms with Crippen LogP contribution in [0.5, 0.6) is 0 Å². The summed E-state index contributed by atoms with van der Waals surface area (Å²) in [6.07, 6.45) is 9.72. The minimum Gasteiger partial charge on any atom is -0.390 e. The van der Waals surface area contributed by atoms with Crippen LogP contribution in [0.4, 0.5) is 5.95 Å². The summed E-state index contributed by atoms with van der Waals surface area (Å²) in [5, 5.41) is 27.2. The van der Waals surface area contributed by atoms with Gasteiger partial charge in [-0.2, -0.15) is 0 Å². The smallest absolute Gasteiger partial charge is 0.254 e. The number of aliphatic hydroxyl groups is 2. The molecular formula is C23H34N4O3. The molecule has 2 atom stereocenters. The van der Waals surface area contributed by atoms with Crippen LogP contribution in [0.3, 0.4) is 0 Å². The van der Waals surface area contributed by atoms with Crippen molar-refractivity contribution in [3.05, 3.63) is 17.5 Å². The van der Waals surface area contributed by atoms with E-state index in [0.717, 1.165) is 57.1 Å². The van der Waals surface area contributed by atoms with Gasteiger partial charge in [0.25, 0.3) is 5.91 Å². The third-order valence-electron chi connectivity index (χ3n) is 7.77. The van der Waals surface area contributed by atoms with Gasteiger partial charge < -0.3 is 20.8 Å². The minimum atomic E-state index is -0.862. The van der Waals surface area contributed by atoms with Crippen molar-refractivity contribution in [1.82, 2.24) is 15.3 Å². The number of amides is 1. The molecule has 1 aromatic rings. The van der Waals surface area contributed by atoms with E-state index in [0.29, 0.717) is 41.7 Å². The summed E-state index contributed by atoms with van der Waals surface area (Å²) < 4.78 is 0. The molecule has 30 heavy (non-hydrogen) atoms. The van der Waals surface area contributed by atoms with Gasteiger partial charge in [-0.1, -0.05) is 6.42 Å². The van der Waals surface area contributed by atoms with Gasteiger partial charge in [-0.05, 0) is 76.5 Å². The second-order valence-electron chi connectivity index (χ2n) is 11.0. The standard InChI is InChI=1S/C23H34N4O3/c1-22(2,29)12-25-21-24-11-17(19(27-21)14-4-3-5-14)20(28)26-18-15-6-13-7-16(18)10-23(30,8-13)9-15/h11,13-16,18,29-30H,3-10,12H2,1-2H3,(H,26,28)(H,24,25,27). The Labute approximate surface area is 178 Å². The third kappa shape index (κ3) is 3.82. The van der Waals surface area contributed by atoms with Gasteiger partial charge in [-0.25, -0.2) is 9.97 Å². The highest BCUT2D eigenvalue weighted by atomic mass is 16.3. The van der Waals surface area contributed by atoms with Crippen LogP contribution in [0.25, 0.3) is 0 Å². The number of hydrogen-bond donors (Lipinski definition) is 4. The van der Waals surface area contributed by atoms with E-state index in [9.17, 15) is 15.0 Å². The molecule has 0 aliphatic heterocycles. The highest BCUT2D eigenvalue weighted by Gasteiger charge is 2.55. The first-order valence-electron chi connectivity index (χ1n) is 11.6. The number of nitrogens with one attached hydrogen (secondary N) is 2. The van der Waals surface area contributed by atoms with E-state index < -0.39 is 11.2 Å². The van der Waals surface area contributed by atoms with E-state index in [1.165, 1.54) is 0 Å². The van der Waals surface area contributed by atoms with Gasteiger partial charge in [-0.3, -0.25) is 4.79 Å².